The number of carbonyl (C=O) groups is 8. The number of aliphatic hydroxyl groups excluding tert-OH is 4. The number of para-hydroxylation sites is 4. The fraction of sp³-hybridized carbons (Fsp3) is 0.410. The molecule has 4 aliphatic rings. The Labute approximate surface area is 569 Å². The first kappa shape index (κ1) is 75.2. The van der Waals surface area contributed by atoms with E-state index in [4.69, 9.17) is 35.9 Å². The quantitative estimate of drug-likeness (QED) is 0.0356. The van der Waals surface area contributed by atoms with Crippen molar-refractivity contribution in [1.82, 2.24) is 57.8 Å². The highest BCUT2D eigenvalue weighted by Gasteiger charge is 2.36. The number of carbonyl (C=O) groups excluding carboxylic acids is 8. The van der Waals surface area contributed by atoms with Crippen LogP contribution in [-0.4, -0.2) is 135 Å². The van der Waals surface area contributed by atoms with E-state index in [9.17, 15) is 62.6 Å². The summed E-state index contributed by atoms with van der Waals surface area (Å²) in [6.07, 6.45) is 3.22. The largest absolute Gasteiger partial charge is 0.396 e. The van der Waals surface area contributed by atoms with Crippen LogP contribution in [0.3, 0.4) is 0 Å². The maximum Gasteiger partial charge on any atom is 0.329 e. The Morgan fingerprint density at radius 1 is 0.458 bits per heavy atom. The van der Waals surface area contributed by atoms with Crippen molar-refractivity contribution in [1.29, 1.82) is 0 Å². The lowest BCUT2D eigenvalue weighted by molar-refractivity contribution is -0.137. The minimum absolute atomic E-state index is 0.0641. The van der Waals surface area contributed by atoms with Gasteiger partial charge >= 0.3 is 22.8 Å². The summed E-state index contributed by atoms with van der Waals surface area (Å²) in [7, 11) is 13.9. The zero-order valence-corrected chi connectivity index (χ0v) is 56.9. The molecule has 4 atom stereocenters. The molecule has 35 heteroatoms. The second-order valence-corrected chi connectivity index (χ2v) is 25.7. The zero-order chi connectivity index (χ0) is 70.4. The number of imide groups is 4. The molecule has 4 aromatic carbocycles. The topological polar surface area (TPSA) is 400 Å². The molecule has 516 valence electrons. The van der Waals surface area contributed by atoms with E-state index in [0.717, 1.165) is 26.6 Å². The van der Waals surface area contributed by atoms with Crippen LogP contribution in [0.15, 0.2) is 96.4 Å². The fourth-order valence-corrected chi connectivity index (χ4v) is 12.5. The van der Waals surface area contributed by atoms with Gasteiger partial charge in [0.05, 0.1) is 57.3 Å². The molecule has 0 radical (unpaired) electrons. The van der Waals surface area contributed by atoms with Gasteiger partial charge in [0.25, 0.3) is 0 Å². The second kappa shape index (κ2) is 34.2. The predicted octanol–water partition coefficient (Wildman–Crippen LogP) is 2.57. The summed E-state index contributed by atoms with van der Waals surface area (Å²) < 4.78 is 27.1. The van der Waals surface area contributed by atoms with Crippen LogP contribution in [0.1, 0.15) is 105 Å². The number of nitrogens with zero attached hydrogens (tertiary/aromatic N) is 8. The van der Waals surface area contributed by atoms with Crippen molar-refractivity contribution in [3.63, 3.8) is 0 Å². The predicted molar refractivity (Wildman–Crippen MR) is 358 cm³/mol. The van der Waals surface area contributed by atoms with Gasteiger partial charge in [-0.1, -0.05) is 42.5 Å². The number of amides is 8. The first-order valence-corrected chi connectivity index (χ1v) is 34.0. The number of fused-ring (bicyclic) bond motifs is 4. The summed E-state index contributed by atoms with van der Waals surface area (Å²) in [5.41, 5.74) is 6.47. The Hall–Kier alpha value is -8.18. The van der Waals surface area contributed by atoms with Crippen molar-refractivity contribution in [2.75, 3.05) is 26.4 Å². The molecule has 4 aliphatic heterocycles. The highest BCUT2D eigenvalue weighted by atomic mass is 79.9. The van der Waals surface area contributed by atoms with E-state index in [1.54, 1.807) is 64.6 Å². The van der Waals surface area contributed by atoms with Crippen molar-refractivity contribution >= 4 is 150 Å². The molecule has 0 bridgehead atoms. The number of aliphatic hydroxyl groups is 4. The van der Waals surface area contributed by atoms with Gasteiger partial charge in [0.1, 0.15) is 24.2 Å². The second-order valence-electron chi connectivity index (χ2n) is 22.1. The zero-order valence-electron chi connectivity index (χ0n) is 52.3. The third-order valence-corrected chi connectivity index (χ3v) is 17.0. The number of ether oxygens (including phenoxy) is 1. The monoisotopic (exact) mass is 1470 g/mol. The Morgan fingerprint density at radius 2 is 0.750 bits per heavy atom. The highest BCUT2D eigenvalue weighted by Crippen LogP contribution is 2.30. The molecule has 4 aromatic heterocycles. The maximum absolute atomic E-state index is 12.7. The third-order valence-electron chi connectivity index (χ3n) is 16.0. The molecular formula is C61H70BrCl3N12O18S. The van der Waals surface area contributed by atoms with Crippen LogP contribution < -0.4 is 44.0 Å². The first-order chi connectivity index (χ1) is 45.8. The minimum atomic E-state index is -1.67. The molecule has 12 rings (SSSR count). The van der Waals surface area contributed by atoms with Crippen molar-refractivity contribution in [3.05, 3.63) is 136 Å². The Bertz CT molecular complexity index is 4420. The average Bonchev–Trinajstić information content (AvgIpc) is 1.63. The molecule has 8 heterocycles. The van der Waals surface area contributed by atoms with E-state index >= 15 is 0 Å². The van der Waals surface area contributed by atoms with Crippen molar-refractivity contribution < 1.29 is 67.7 Å². The number of halogens is 4. The van der Waals surface area contributed by atoms with E-state index in [0.29, 0.717) is 90.4 Å². The smallest absolute Gasteiger partial charge is 0.329 e. The lowest BCUT2D eigenvalue weighted by atomic mass is 10.1. The van der Waals surface area contributed by atoms with Crippen LogP contribution in [0.2, 0.25) is 0 Å². The van der Waals surface area contributed by atoms with Crippen LogP contribution in [-0.2, 0) is 99.6 Å². The van der Waals surface area contributed by atoms with E-state index < -0.39 is 57.0 Å². The number of rotatable bonds is 13. The van der Waals surface area contributed by atoms with Gasteiger partial charge < -0.3 is 25.2 Å². The van der Waals surface area contributed by atoms with E-state index in [-0.39, 0.29) is 104 Å². The van der Waals surface area contributed by atoms with Gasteiger partial charge in [-0.2, -0.15) is 0 Å². The number of benzene rings is 4. The number of nitrogens with one attached hydrogen (secondary N) is 4. The van der Waals surface area contributed by atoms with Gasteiger partial charge in [0.2, 0.25) is 56.5 Å². The van der Waals surface area contributed by atoms with Crippen molar-refractivity contribution in [2.45, 2.75) is 107 Å². The summed E-state index contributed by atoms with van der Waals surface area (Å²) in [5.74, 6) is -2.71. The van der Waals surface area contributed by atoms with Crippen LogP contribution in [0.25, 0.3) is 44.1 Å². The molecule has 0 saturated carbocycles. The first-order valence-electron chi connectivity index (χ1n) is 29.9. The Balaban J connectivity index is 0.000000173. The highest BCUT2D eigenvalue weighted by molar-refractivity contribution is 9.10. The molecular weight excluding hydrogens is 1410 g/mol. The summed E-state index contributed by atoms with van der Waals surface area (Å²) in [6.45, 7) is 0.796. The van der Waals surface area contributed by atoms with Crippen LogP contribution >= 0.6 is 48.9 Å². The van der Waals surface area contributed by atoms with Crippen molar-refractivity contribution in [3.8, 4) is 0 Å². The SMILES string of the molecule is Cn1c(=O)n(C2CCC(=O)NC2=O)c2cccc(Br)c21.Cn1c(=O)n(C2CCC(=O)NC2=O)c2cccc(CCl)c21.Cn1c(=O)n(C2CCC(=O)NC2=O)c2cccc(CO)c21.Cn1c(=O)n(C2CCC(=O)NC2=O)c2cccc(COCCCO)c21.O=S(Cl)Cl.OCCCO. The molecule has 96 heavy (non-hydrogen) atoms. The van der Waals surface area contributed by atoms with E-state index in [2.05, 4.69) is 58.6 Å². The summed E-state index contributed by atoms with van der Waals surface area (Å²) in [5, 5.41) is 43.2. The van der Waals surface area contributed by atoms with Crippen LogP contribution in [0, 0.1) is 0 Å². The number of piperidine rings is 4. The van der Waals surface area contributed by atoms with Crippen LogP contribution in [0.4, 0.5) is 0 Å². The molecule has 4 fully saturated rings. The molecule has 0 aliphatic carbocycles. The number of aromatic nitrogens is 8. The van der Waals surface area contributed by atoms with Crippen LogP contribution in [0.5, 0.6) is 0 Å². The normalized spacial score (nSPS) is 17.8. The number of alkyl halides is 1. The molecule has 0 spiro atoms. The number of aryl methyl sites for hydroxylation is 4. The molecule has 8 N–H and O–H groups in total. The van der Waals surface area contributed by atoms with Gasteiger partial charge in [-0.05, 0) is 90.4 Å². The van der Waals surface area contributed by atoms with Gasteiger partial charge in [-0.3, -0.25) is 96.2 Å². The maximum atomic E-state index is 12.7. The van der Waals surface area contributed by atoms with Gasteiger partial charge in [-0.25, -0.2) is 23.4 Å². The summed E-state index contributed by atoms with van der Waals surface area (Å²) in [6, 6.07) is 18.9. The molecule has 8 aromatic rings. The number of hydrogen-bond acceptors (Lipinski definition) is 18. The van der Waals surface area contributed by atoms with E-state index in [1.165, 1.54) is 36.5 Å². The minimum Gasteiger partial charge on any atom is -0.396 e. The standard InChI is InChI=1S/C17H21N3O5.C14H14ClN3O3.C14H15N3O4.C13H12BrN3O3.C3H8O2.Cl2OS/c1-19-15-11(10-25-9-3-8-21)4-2-5-12(15)20(17(19)24)13-6-7-14(22)18-16(13)23;1-17-12-8(7-15)3-2-4-9(12)18(14(17)21)10-5-6-11(19)16-13(10)20;1-16-12-8(7-18)3-2-4-9(12)17(14(16)21)10-5-6-11(19)15-13(10)20;1-16-11-7(14)3-2-4-8(11)17(13(16)20)9-5-6-10(18)15-12(9)19;4-2-1-3-5;1-4(2)3/h2,4-5,13,21H,3,6-10H2,1H3,(H,18,22,23);2-4,10H,5-7H2,1H3,(H,16,19,20);2-4,10,18H,5-7H2,1H3,(H,15,19,20);2-4,9H,5-6H2,1H3,(H,15,18,19);4-5H,1-3H2;. The third kappa shape index (κ3) is 16.8. The fourth-order valence-electron chi connectivity index (χ4n) is 11.6. The van der Waals surface area contributed by atoms with Gasteiger partial charge in [0.15, 0.2) is 0 Å². The van der Waals surface area contributed by atoms with Crippen molar-refractivity contribution in [2.24, 2.45) is 28.2 Å². The molecule has 30 nitrogen and oxygen atoms in total. The number of hydrogen-bond donors (Lipinski definition) is 8. The van der Waals surface area contributed by atoms with Gasteiger partial charge in [-0.15, -0.1) is 11.6 Å². The van der Waals surface area contributed by atoms with E-state index in [1.807, 2.05) is 36.4 Å². The molecule has 8 amide bonds. The van der Waals surface area contributed by atoms with Gasteiger partial charge in [0, 0.05) is 123 Å². The Morgan fingerprint density at radius 3 is 1.06 bits per heavy atom. The molecule has 4 saturated heterocycles. The number of imidazole rings is 4. The summed E-state index contributed by atoms with van der Waals surface area (Å²) in [4.78, 5) is 143. The lowest BCUT2D eigenvalue weighted by Gasteiger charge is -2.21. The molecule has 4 unspecified atom stereocenters. The Kier molecular flexibility index (Phi) is 26.8. The lowest BCUT2D eigenvalue weighted by Crippen LogP contribution is -2.44. The average molecular weight is 1480 g/mol. The summed E-state index contributed by atoms with van der Waals surface area (Å²) >= 11 is 9.34.